The van der Waals surface area contributed by atoms with Crippen molar-refractivity contribution in [2.45, 2.75) is 110 Å². The van der Waals surface area contributed by atoms with E-state index in [2.05, 4.69) is 19.9 Å². The van der Waals surface area contributed by atoms with Crippen molar-refractivity contribution in [3.63, 3.8) is 0 Å². The van der Waals surface area contributed by atoms with Crippen LogP contribution in [-0.2, 0) is 38.1 Å². The average Bonchev–Trinajstić information content (AvgIpc) is 3.17. The van der Waals surface area contributed by atoms with Crippen molar-refractivity contribution >= 4 is 23.7 Å². The molecule has 5 rings (SSSR count). The molecular weight excluding hydrogens is 476 g/mol. The van der Waals surface area contributed by atoms with Gasteiger partial charge >= 0.3 is 17.9 Å². The third-order valence-electron chi connectivity index (χ3n) is 10.7. The van der Waals surface area contributed by atoms with Gasteiger partial charge in [0, 0.05) is 29.2 Å². The van der Waals surface area contributed by atoms with E-state index >= 15 is 0 Å². The molecule has 0 aromatic rings. The van der Waals surface area contributed by atoms with Crippen LogP contribution >= 0.6 is 0 Å². The fourth-order valence-corrected chi connectivity index (χ4v) is 8.79. The van der Waals surface area contributed by atoms with Gasteiger partial charge in [0.25, 0.3) is 5.60 Å². The number of fused-ring (bicyclic) bond motifs is 4. The molecule has 202 valence electrons. The molecule has 0 N–H and O–H groups in total. The van der Waals surface area contributed by atoms with Crippen LogP contribution in [0.2, 0.25) is 0 Å². The fourth-order valence-electron chi connectivity index (χ4n) is 8.79. The summed E-state index contributed by atoms with van der Waals surface area (Å²) in [5, 5.41) is 0. The van der Waals surface area contributed by atoms with Crippen LogP contribution in [0.3, 0.4) is 0 Å². The number of carbonyl (C=O) groups excluding carboxylic acids is 4. The van der Waals surface area contributed by atoms with Crippen LogP contribution in [0.15, 0.2) is 23.0 Å². The van der Waals surface area contributed by atoms with Gasteiger partial charge in [-0.15, -0.1) is 0 Å². The van der Waals surface area contributed by atoms with Crippen LogP contribution in [0.4, 0.5) is 0 Å². The van der Waals surface area contributed by atoms with Gasteiger partial charge in [-0.1, -0.05) is 19.9 Å². The van der Waals surface area contributed by atoms with Crippen LogP contribution in [0.25, 0.3) is 0 Å². The van der Waals surface area contributed by atoms with Gasteiger partial charge in [0.2, 0.25) is 5.78 Å². The molecule has 0 unspecified atom stereocenters. The number of Topliss-reactive ketones (excluding diaryl/α,β-unsaturated/α-hetero) is 1. The molecule has 0 radical (unpaired) electrons. The Morgan fingerprint density at radius 1 is 1.00 bits per heavy atom. The molecule has 0 bridgehead atoms. The van der Waals surface area contributed by atoms with E-state index < -0.39 is 45.7 Å². The standard InChI is InChI=1S/C29H38O8/c1-15-9-10-20-26(7,29(15)14-28(24(33)37-29)23(32)16(2)17(3)35-28)12-11-19-25(5,6)36-22(31)13-21(27(19,20)8)34-18(4)30/h9,19-21H,10-14H2,1-8H3/t19-,20-,21-,26+,27-,28+,29-/m0/s1. The Labute approximate surface area is 218 Å². The molecule has 8 heteroatoms. The minimum atomic E-state index is -1.68. The number of ether oxygens (including phenoxy) is 4. The van der Waals surface area contributed by atoms with Gasteiger partial charge in [-0.2, -0.15) is 0 Å². The zero-order chi connectivity index (χ0) is 27.3. The van der Waals surface area contributed by atoms with E-state index in [0.29, 0.717) is 30.6 Å². The number of hydrogen-bond acceptors (Lipinski definition) is 8. The lowest BCUT2D eigenvalue weighted by Crippen LogP contribution is -2.66. The maximum Gasteiger partial charge on any atom is 0.359 e. The normalized spacial score (nSPS) is 44.5. The summed E-state index contributed by atoms with van der Waals surface area (Å²) < 4.78 is 24.2. The number of rotatable bonds is 1. The highest BCUT2D eigenvalue weighted by Gasteiger charge is 2.76. The smallest absolute Gasteiger partial charge is 0.359 e. The van der Waals surface area contributed by atoms with Crippen molar-refractivity contribution in [1.82, 2.24) is 0 Å². The predicted octanol–water partition coefficient (Wildman–Crippen LogP) is 4.35. The molecule has 3 fully saturated rings. The Morgan fingerprint density at radius 2 is 1.68 bits per heavy atom. The number of ketones is 1. The topological polar surface area (TPSA) is 105 Å². The van der Waals surface area contributed by atoms with Gasteiger partial charge in [-0.05, 0) is 65.4 Å². The van der Waals surface area contributed by atoms with E-state index in [1.165, 1.54) is 6.92 Å². The van der Waals surface area contributed by atoms with Crippen molar-refractivity contribution < 1.29 is 38.1 Å². The summed E-state index contributed by atoms with van der Waals surface area (Å²) >= 11 is 0. The number of cyclic esters (lactones) is 1. The van der Waals surface area contributed by atoms with Crippen molar-refractivity contribution in [2.75, 3.05) is 0 Å². The fraction of sp³-hybridized carbons (Fsp3) is 0.724. The summed E-state index contributed by atoms with van der Waals surface area (Å²) in [6.07, 6.45) is 3.47. The largest absolute Gasteiger partial charge is 0.471 e. The summed E-state index contributed by atoms with van der Waals surface area (Å²) in [5.74, 6) is -1.60. The molecular formula is C29H38O8. The van der Waals surface area contributed by atoms with Crippen LogP contribution in [0.5, 0.6) is 0 Å². The molecule has 8 nitrogen and oxygen atoms in total. The van der Waals surface area contributed by atoms with E-state index in [1.54, 1.807) is 13.8 Å². The van der Waals surface area contributed by atoms with Crippen LogP contribution in [0.1, 0.15) is 87.5 Å². The van der Waals surface area contributed by atoms with Crippen LogP contribution in [-0.4, -0.2) is 46.6 Å². The Bertz CT molecular complexity index is 1180. The molecule has 0 aromatic carbocycles. The SMILES string of the molecule is CC(=O)O[C@H]1CC(=O)OC(C)(C)[C@@H]2CC[C@]3(C)[C@H](CC=C(C)[C@@]34C[C@]3(OC(C)=C(C)C3=O)C(=O)O4)[C@@]12C. The molecule has 37 heavy (non-hydrogen) atoms. The molecule has 3 heterocycles. The van der Waals surface area contributed by atoms with Gasteiger partial charge in [0.15, 0.2) is 0 Å². The molecule has 3 aliphatic heterocycles. The average molecular weight is 515 g/mol. The molecule has 2 aliphatic carbocycles. The Morgan fingerprint density at radius 3 is 2.27 bits per heavy atom. The zero-order valence-corrected chi connectivity index (χ0v) is 23.1. The lowest BCUT2D eigenvalue weighted by molar-refractivity contribution is -0.223. The van der Waals surface area contributed by atoms with Crippen molar-refractivity contribution in [3.8, 4) is 0 Å². The molecule has 2 saturated heterocycles. The highest BCUT2D eigenvalue weighted by atomic mass is 16.6. The summed E-state index contributed by atoms with van der Waals surface area (Å²) in [7, 11) is 0. The van der Waals surface area contributed by atoms with E-state index in [9.17, 15) is 19.2 Å². The number of allylic oxidation sites excluding steroid dienone is 2. The maximum absolute atomic E-state index is 13.6. The first-order chi connectivity index (χ1) is 17.0. The third kappa shape index (κ3) is 3.13. The second-order valence-corrected chi connectivity index (χ2v) is 12.8. The van der Waals surface area contributed by atoms with E-state index in [-0.39, 0.29) is 36.4 Å². The van der Waals surface area contributed by atoms with Crippen molar-refractivity contribution in [3.05, 3.63) is 23.0 Å². The van der Waals surface area contributed by atoms with E-state index in [4.69, 9.17) is 18.9 Å². The second-order valence-electron chi connectivity index (χ2n) is 12.8. The highest BCUT2D eigenvalue weighted by molar-refractivity contribution is 6.18. The van der Waals surface area contributed by atoms with Gasteiger partial charge in [-0.25, -0.2) is 4.79 Å². The van der Waals surface area contributed by atoms with Gasteiger partial charge in [-0.3, -0.25) is 14.4 Å². The van der Waals surface area contributed by atoms with E-state index in [0.717, 1.165) is 5.57 Å². The van der Waals surface area contributed by atoms with E-state index in [1.807, 2.05) is 20.8 Å². The summed E-state index contributed by atoms with van der Waals surface area (Å²) in [6, 6.07) is 0. The lowest BCUT2D eigenvalue weighted by Gasteiger charge is -2.65. The summed E-state index contributed by atoms with van der Waals surface area (Å²) in [5.41, 5.74) is -3.44. The van der Waals surface area contributed by atoms with Gasteiger partial charge in [0.1, 0.15) is 23.1 Å². The minimum absolute atomic E-state index is 0.0358. The number of carbonyl (C=O) groups is 4. The quantitative estimate of drug-likeness (QED) is 0.220. The van der Waals surface area contributed by atoms with Crippen LogP contribution < -0.4 is 0 Å². The van der Waals surface area contributed by atoms with Gasteiger partial charge in [0.05, 0.1) is 12.8 Å². The molecule has 1 saturated carbocycles. The second kappa shape index (κ2) is 7.70. The first-order valence-electron chi connectivity index (χ1n) is 13.3. The Hall–Kier alpha value is -2.64. The molecule has 0 aromatic heterocycles. The maximum atomic E-state index is 13.6. The monoisotopic (exact) mass is 514 g/mol. The predicted molar refractivity (Wildman–Crippen MR) is 132 cm³/mol. The third-order valence-corrected chi connectivity index (χ3v) is 10.7. The molecule has 0 amide bonds. The summed E-state index contributed by atoms with van der Waals surface area (Å²) in [6.45, 7) is 14.8. The zero-order valence-electron chi connectivity index (χ0n) is 23.1. The van der Waals surface area contributed by atoms with Gasteiger partial charge < -0.3 is 18.9 Å². The lowest BCUT2D eigenvalue weighted by atomic mass is 9.41. The minimum Gasteiger partial charge on any atom is -0.471 e. The Kier molecular flexibility index (Phi) is 5.41. The van der Waals surface area contributed by atoms with Crippen molar-refractivity contribution in [2.24, 2.45) is 22.7 Å². The summed E-state index contributed by atoms with van der Waals surface area (Å²) in [4.78, 5) is 52.0. The van der Waals surface area contributed by atoms with Crippen molar-refractivity contribution in [1.29, 1.82) is 0 Å². The first-order valence-corrected chi connectivity index (χ1v) is 13.3. The molecule has 5 aliphatic rings. The number of hydrogen-bond donors (Lipinski definition) is 0. The number of esters is 3. The highest BCUT2D eigenvalue weighted by Crippen LogP contribution is 2.70. The molecule has 7 atom stereocenters. The Balaban J connectivity index is 1.66. The first kappa shape index (κ1) is 26.0. The van der Waals surface area contributed by atoms with Crippen LogP contribution in [0, 0.1) is 22.7 Å². The molecule has 2 spiro atoms.